The number of phenols is 1. The highest BCUT2D eigenvalue weighted by Gasteiger charge is 2.19. The number of aromatic hydroxyl groups is 1. The molecule has 9 heteroatoms. The maximum absolute atomic E-state index is 12.8. The molecule has 9 nitrogen and oxygen atoms in total. The number of nitrogens with zero attached hydrogens (tertiary/aromatic N) is 2. The van der Waals surface area contributed by atoms with E-state index in [1.165, 1.54) is 18.4 Å². The number of nitrogens with one attached hydrogen (secondary N) is 1. The van der Waals surface area contributed by atoms with E-state index < -0.39 is 0 Å². The minimum Gasteiger partial charge on any atom is -0.504 e. The number of amides is 1. The highest BCUT2D eigenvalue weighted by Crippen LogP contribution is 2.34. The average molecular weight is 401 g/mol. The van der Waals surface area contributed by atoms with E-state index in [0.29, 0.717) is 31.1 Å². The number of benzene rings is 1. The molecule has 2 heterocycles. The van der Waals surface area contributed by atoms with Crippen molar-refractivity contribution in [3.63, 3.8) is 0 Å². The molecule has 0 saturated carbocycles. The molecule has 0 radical (unpaired) electrons. The van der Waals surface area contributed by atoms with Gasteiger partial charge in [0.1, 0.15) is 5.76 Å². The fourth-order valence-corrected chi connectivity index (χ4v) is 3.31. The van der Waals surface area contributed by atoms with Crippen molar-refractivity contribution in [2.24, 2.45) is 0 Å². The minimum atomic E-state index is -0.312. The second-order valence-corrected chi connectivity index (χ2v) is 6.75. The molecule has 0 bridgehead atoms. The molecule has 1 fully saturated rings. The van der Waals surface area contributed by atoms with Gasteiger partial charge in [0.05, 0.1) is 18.6 Å². The number of nitriles is 1. The average Bonchev–Trinajstić information content (AvgIpc) is 2.71. The van der Waals surface area contributed by atoms with Gasteiger partial charge in [-0.3, -0.25) is 14.5 Å². The third-order valence-corrected chi connectivity index (χ3v) is 4.89. The van der Waals surface area contributed by atoms with Crippen LogP contribution in [0.5, 0.6) is 11.5 Å². The molecule has 1 amide bonds. The lowest BCUT2D eigenvalue weighted by molar-refractivity contribution is -0.121. The van der Waals surface area contributed by atoms with Gasteiger partial charge in [0, 0.05) is 38.2 Å². The fourth-order valence-electron chi connectivity index (χ4n) is 3.31. The lowest BCUT2D eigenvalue weighted by atomic mass is 10.1. The van der Waals surface area contributed by atoms with Crippen LogP contribution in [0, 0.1) is 18.4 Å². The van der Waals surface area contributed by atoms with Gasteiger partial charge in [0.25, 0.3) is 6.26 Å². The van der Waals surface area contributed by atoms with Gasteiger partial charge in [-0.05, 0) is 25.5 Å². The number of ether oxygens (including phenoxy) is 2. The molecule has 0 atom stereocenters. The number of fused-ring (bicyclic) bond motifs is 1. The Bertz CT molecular complexity index is 988. The number of rotatable bonds is 7. The van der Waals surface area contributed by atoms with Gasteiger partial charge in [-0.1, -0.05) is 0 Å². The van der Waals surface area contributed by atoms with Crippen LogP contribution in [0.25, 0.3) is 11.0 Å². The fraction of sp³-hybridized carbons (Fsp3) is 0.450. The minimum absolute atomic E-state index is 0.00719. The highest BCUT2D eigenvalue weighted by molar-refractivity contribution is 5.86. The van der Waals surface area contributed by atoms with Crippen LogP contribution in [0.1, 0.15) is 17.7 Å². The summed E-state index contributed by atoms with van der Waals surface area (Å²) in [4.78, 5) is 27.2. The van der Waals surface area contributed by atoms with E-state index in [2.05, 4.69) is 10.2 Å². The molecule has 154 valence electrons. The van der Waals surface area contributed by atoms with E-state index in [-0.39, 0.29) is 46.6 Å². The SMILES string of the molecule is Cc1oc2c(OC#N)c(O)ccc2c(=O)c1CCC(=O)NCCN1CCOCC1. The van der Waals surface area contributed by atoms with Crippen LogP contribution in [0.15, 0.2) is 21.3 Å². The Morgan fingerprint density at radius 2 is 2.14 bits per heavy atom. The van der Waals surface area contributed by atoms with E-state index in [1.54, 1.807) is 6.92 Å². The third kappa shape index (κ3) is 4.85. The molecular formula is C20H23N3O6. The summed E-state index contributed by atoms with van der Waals surface area (Å²) >= 11 is 0. The van der Waals surface area contributed by atoms with Gasteiger partial charge < -0.3 is 24.3 Å². The van der Waals surface area contributed by atoms with E-state index >= 15 is 0 Å². The van der Waals surface area contributed by atoms with Crippen molar-refractivity contribution in [3.05, 3.63) is 33.7 Å². The topological polar surface area (TPSA) is 125 Å². The summed E-state index contributed by atoms with van der Waals surface area (Å²) in [6.45, 7) is 6.05. The summed E-state index contributed by atoms with van der Waals surface area (Å²) in [5.41, 5.74) is 0.0786. The first-order valence-corrected chi connectivity index (χ1v) is 9.42. The molecule has 29 heavy (non-hydrogen) atoms. The molecule has 3 rings (SSSR count). The van der Waals surface area contributed by atoms with Crippen molar-refractivity contribution in [1.82, 2.24) is 10.2 Å². The smallest absolute Gasteiger partial charge is 0.292 e. The number of phenolic OH excluding ortho intramolecular Hbond substituents is 1. The van der Waals surface area contributed by atoms with Gasteiger partial charge in [-0.25, -0.2) is 0 Å². The maximum Gasteiger partial charge on any atom is 0.292 e. The number of morpholine rings is 1. The molecule has 1 aliphatic heterocycles. The van der Waals surface area contributed by atoms with Crippen molar-refractivity contribution in [2.45, 2.75) is 19.8 Å². The van der Waals surface area contributed by atoms with Crippen LogP contribution in [0.4, 0.5) is 0 Å². The van der Waals surface area contributed by atoms with Crippen molar-refractivity contribution in [3.8, 4) is 17.8 Å². The van der Waals surface area contributed by atoms with Gasteiger partial charge in [0.2, 0.25) is 11.7 Å². The zero-order valence-electron chi connectivity index (χ0n) is 16.2. The maximum atomic E-state index is 12.8. The van der Waals surface area contributed by atoms with Crippen LogP contribution < -0.4 is 15.5 Å². The monoisotopic (exact) mass is 401 g/mol. The Hall–Kier alpha value is -3.09. The summed E-state index contributed by atoms with van der Waals surface area (Å²) in [5, 5.41) is 21.6. The van der Waals surface area contributed by atoms with E-state index in [9.17, 15) is 14.7 Å². The normalized spacial score (nSPS) is 14.5. The summed E-state index contributed by atoms with van der Waals surface area (Å²) in [7, 11) is 0. The summed E-state index contributed by atoms with van der Waals surface area (Å²) in [5.74, 6) is -0.319. The van der Waals surface area contributed by atoms with Crippen LogP contribution in [-0.4, -0.2) is 55.3 Å². The lowest BCUT2D eigenvalue weighted by Crippen LogP contribution is -2.41. The molecule has 2 N–H and O–H groups in total. The van der Waals surface area contributed by atoms with E-state index in [1.807, 2.05) is 0 Å². The van der Waals surface area contributed by atoms with Crippen molar-refractivity contribution in [2.75, 3.05) is 39.4 Å². The quantitative estimate of drug-likeness (QED) is 0.660. The van der Waals surface area contributed by atoms with E-state index in [0.717, 1.165) is 19.6 Å². The zero-order chi connectivity index (χ0) is 20.8. The van der Waals surface area contributed by atoms with Crippen LogP contribution >= 0.6 is 0 Å². The number of hydrogen-bond donors (Lipinski definition) is 2. The zero-order valence-corrected chi connectivity index (χ0v) is 16.2. The molecule has 0 spiro atoms. The molecule has 1 saturated heterocycles. The molecular weight excluding hydrogens is 378 g/mol. The van der Waals surface area contributed by atoms with Gasteiger partial charge in [0.15, 0.2) is 16.8 Å². The molecule has 1 aliphatic rings. The van der Waals surface area contributed by atoms with Gasteiger partial charge in [-0.15, -0.1) is 5.26 Å². The van der Waals surface area contributed by atoms with E-state index in [4.69, 9.17) is 19.2 Å². The summed E-state index contributed by atoms with van der Waals surface area (Å²) in [6, 6.07) is 2.68. The van der Waals surface area contributed by atoms with Crippen LogP contribution in [0.3, 0.4) is 0 Å². The van der Waals surface area contributed by atoms with Crippen LogP contribution in [-0.2, 0) is 16.0 Å². The number of aryl methyl sites for hydroxylation is 1. The first-order chi connectivity index (χ1) is 14.0. The van der Waals surface area contributed by atoms with Crippen molar-refractivity contribution >= 4 is 16.9 Å². The van der Waals surface area contributed by atoms with Gasteiger partial charge >= 0.3 is 0 Å². The Labute approximate surface area is 167 Å². The highest BCUT2D eigenvalue weighted by atomic mass is 16.5. The number of hydrogen-bond acceptors (Lipinski definition) is 8. The van der Waals surface area contributed by atoms with Crippen LogP contribution in [0.2, 0.25) is 0 Å². The second kappa shape index (κ2) is 9.41. The first kappa shape index (κ1) is 20.6. The molecule has 1 aromatic carbocycles. The van der Waals surface area contributed by atoms with Crippen molar-refractivity contribution < 1.29 is 23.8 Å². The Balaban J connectivity index is 1.65. The number of carbonyl (C=O) groups excluding carboxylic acids is 1. The molecule has 2 aromatic rings. The molecule has 1 aromatic heterocycles. The Morgan fingerprint density at radius 3 is 2.86 bits per heavy atom. The van der Waals surface area contributed by atoms with Gasteiger partial charge in [-0.2, -0.15) is 0 Å². The summed E-state index contributed by atoms with van der Waals surface area (Å²) < 4.78 is 15.7. The predicted octanol–water partition coefficient (Wildman–Crippen LogP) is 1.05. The second-order valence-electron chi connectivity index (χ2n) is 6.75. The largest absolute Gasteiger partial charge is 0.504 e. The standard InChI is InChI=1S/C20H23N3O6/c1-13-14(3-5-17(25)22-6-7-23-8-10-27-11-9-23)18(26)15-2-4-16(24)20(28-12-21)19(15)29-13/h2,4,24H,3,5-11H2,1H3,(H,22,25). The Kier molecular flexibility index (Phi) is 6.69. The van der Waals surface area contributed by atoms with Crippen molar-refractivity contribution in [1.29, 1.82) is 5.26 Å². The summed E-state index contributed by atoms with van der Waals surface area (Å²) in [6.07, 6.45) is 1.85. The predicted molar refractivity (Wildman–Crippen MR) is 104 cm³/mol. The Morgan fingerprint density at radius 1 is 1.38 bits per heavy atom. The third-order valence-electron chi connectivity index (χ3n) is 4.89. The lowest BCUT2D eigenvalue weighted by Gasteiger charge is -2.26. The number of carbonyl (C=O) groups is 1. The molecule has 0 aliphatic carbocycles. The molecule has 0 unspecified atom stereocenters. The first-order valence-electron chi connectivity index (χ1n) is 9.42.